The van der Waals surface area contributed by atoms with Crippen LogP contribution in [-0.4, -0.2) is 37.0 Å². The third kappa shape index (κ3) is 4.47. The summed E-state index contributed by atoms with van der Waals surface area (Å²) in [6.07, 6.45) is 3.31. The van der Waals surface area contributed by atoms with Gasteiger partial charge in [0.1, 0.15) is 6.26 Å². The number of nitrogens with two attached hydrogens (primary N) is 1. The van der Waals surface area contributed by atoms with Crippen LogP contribution in [0.5, 0.6) is 0 Å². The summed E-state index contributed by atoms with van der Waals surface area (Å²) in [6.45, 7) is 10.4. The van der Waals surface area contributed by atoms with Gasteiger partial charge in [-0.2, -0.15) is 5.90 Å². The number of carbonyl (C=O) groups is 1. The Morgan fingerprint density at radius 3 is 2.43 bits per heavy atom. The van der Waals surface area contributed by atoms with Gasteiger partial charge in [-0.15, -0.1) is 0 Å². The Balaban J connectivity index is 1.97. The molecule has 122 valence electrons. The standard InChI is InChI=1S/C18H23N3O2/c1-3-15(2)13-16(14-23-19)18(22)21-11-9-20(10-12-21)17-7-5-4-6-8-17/h3-8,14H,1-2,9-13,19H2/b16-14+. The average molecular weight is 313 g/mol. The van der Waals surface area contributed by atoms with E-state index < -0.39 is 0 Å². The third-order valence-corrected chi connectivity index (χ3v) is 3.88. The van der Waals surface area contributed by atoms with Crippen molar-refractivity contribution < 1.29 is 9.63 Å². The summed E-state index contributed by atoms with van der Waals surface area (Å²) in [5.74, 6) is 5.04. The maximum absolute atomic E-state index is 12.6. The summed E-state index contributed by atoms with van der Waals surface area (Å²) >= 11 is 0. The predicted octanol–water partition coefficient (Wildman–Crippen LogP) is 2.24. The first-order chi connectivity index (χ1) is 11.2. The van der Waals surface area contributed by atoms with Crippen molar-refractivity contribution in [3.8, 4) is 0 Å². The lowest BCUT2D eigenvalue weighted by atomic mass is 10.1. The van der Waals surface area contributed by atoms with Gasteiger partial charge in [0.05, 0.1) is 5.57 Å². The first-order valence-corrected chi connectivity index (χ1v) is 7.59. The van der Waals surface area contributed by atoms with Crippen LogP contribution in [0, 0.1) is 0 Å². The van der Waals surface area contributed by atoms with E-state index >= 15 is 0 Å². The Morgan fingerprint density at radius 1 is 1.22 bits per heavy atom. The summed E-state index contributed by atoms with van der Waals surface area (Å²) in [5, 5.41) is 0. The van der Waals surface area contributed by atoms with E-state index in [9.17, 15) is 4.79 Å². The molecule has 5 nitrogen and oxygen atoms in total. The van der Waals surface area contributed by atoms with Gasteiger partial charge in [-0.25, -0.2) is 0 Å². The summed E-state index contributed by atoms with van der Waals surface area (Å²) in [5.41, 5.74) is 2.43. The van der Waals surface area contributed by atoms with Gasteiger partial charge in [-0.05, 0) is 12.1 Å². The Kier molecular flexibility index (Phi) is 6.00. The molecule has 0 spiro atoms. The number of carbonyl (C=O) groups excluding carboxylic acids is 1. The minimum Gasteiger partial charge on any atom is -0.419 e. The molecule has 1 heterocycles. The highest BCUT2D eigenvalue weighted by atomic mass is 16.6. The van der Waals surface area contributed by atoms with Gasteiger partial charge >= 0.3 is 0 Å². The highest BCUT2D eigenvalue weighted by Gasteiger charge is 2.24. The molecule has 0 atom stereocenters. The first kappa shape index (κ1) is 16.8. The van der Waals surface area contributed by atoms with Gasteiger partial charge in [0.2, 0.25) is 0 Å². The van der Waals surface area contributed by atoms with Gasteiger partial charge in [0.15, 0.2) is 0 Å². The van der Waals surface area contributed by atoms with Gasteiger partial charge in [0, 0.05) is 38.3 Å². The van der Waals surface area contributed by atoms with Crippen molar-refractivity contribution in [1.82, 2.24) is 4.90 Å². The largest absolute Gasteiger partial charge is 0.419 e. The lowest BCUT2D eigenvalue weighted by Crippen LogP contribution is -2.49. The number of hydrogen-bond donors (Lipinski definition) is 1. The Labute approximate surface area is 137 Å². The van der Waals surface area contributed by atoms with Crippen molar-refractivity contribution in [1.29, 1.82) is 0 Å². The zero-order chi connectivity index (χ0) is 16.7. The molecule has 1 aromatic carbocycles. The molecule has 0 radical (unpaired) electrons. The normalized spacial score (nSPS) is 15.3. The maximum atomic E-state index is 12.6. The molecule has 5 heteroatoms. The van der Waals surface area contributed by atoms with Gasteiger partial charge < -0.3 is 14.6 Å². The smallest absolute Gasteiger partial charge is 0.253 e. The van der Waals surface area contributed by atoms with Gasteiger partial charge in [-0.1, -0.05) is 43.0 Å². The van der Waals surface area contributed by atoms with Gasteiger partial charge in [-0.3, -0.25) is 4.79 Å². The second kappa shape index (κ2) is 8.19. The summed E-state index contributed by atoms with van der Waals surface area (Å²) in [4.78, 5) is 21.3. The minimum absolute atomic E-state index is 0.0637. The minimum atomic E-state index is -0.0637. The van der Waals surface area contributed by atoms with E-state index in [-0.39, 0.29) is 5.91 Å². The van der Waals surface area contributed by atoms with Crippen LogP contribution in [0.3, 0.4) is 0 Å². The molecular formula is C18H23N3O2. The van der Waals surface area contributed by atoms with Gasteiger partial charge in [0.25, 0.3) is 5.91 Å². The van der Waals surface area contributed by atoms with E-state index in [1.807, 2.05) is 23.1 Å². The highest BCUT2D eigenvalue weighted by molar-refractivity contribution is 5.93. The summed E-state index contributed by atoms with van der Waals surface area (Å²) < 4.78 is 0. The van der Waals surface area contributed by atoms with Crippen molar-refractivity contribution in [3.63, 3.8) is 0 Å². The van der Waals surface area contributed by atoms with Crippen LogP contribution in [0.15, 0.2) is 67.0 Å². The molecule has 1 fully saturated rings. The number of piperazine rings is 1. The number of para-hydroxylation sites is 1. The molecule has 1 amide bonds. The summed E-state index contributed by atoms with van der Waals surface area (Å²) in [6, 6.07) is 10.2. The molecule has 0 unspecified atom stereocenters. The first-order valence-electron chi connectivity index (χ1n) is 7.59. The van der Waals surface area contributed by atoms with Crippen molar-refractivity contribution in [2.24, 2.45) is 5.90 Å². The van der Waals surface area contributed by atoms with Crippen LogP contribution in [0.4, 0.5) is 5.69 Å². The Morgan fingerprint density at radius 2 is 1.87 bits per heavy atom. The van der Waals surface area contributed by atoms with Crippen LogP contribution >= 0.6 is 0 Å². The molecule has 0 bridgehead atoms. The predicted molar refractivity (Wildman–Crippen MR) is 92.5 cm³/mol. The molecule has 1 aromatic rings. The molecule has 2 N–H and O–H groups in total. The number of hydrogen-bond acceptors (Lipinski definition) is 4. The number of benzene rings is 1. The molecule has 2 rings (SSSR count). The fraction of sp³-hybridized carbons (Fsp3) is 0.278. The van der Waals surface area contributed by atoms with E-state index in [0.717, 1.165) is 18.7 Å². The van der Waals surface area contributed by atoms with E-state index in [0.29, 0.717) is 25.1 Å². The van der Waals surface area contributed by atoms with E-state index in [1.54, 1.807) is 6.08 Å². The molecule has 0 saturated carbocycles. The molecule has 23 heavy (non-hydrogen) atoms. The zero-order valence-electron chi connectivity index (χ0n) is 13.3. The van der Waals surface area contributed by atoms with Crippen LogP contribution in [0.1, 0.15) is 6.42 Å². The fourth-order valence-electron chi connectivity index (χ4n) is 2.58. The van der Waals surface area contributed by atoms with E-state index in [1.165, 1.54) is 11.9 Å². The van der Waals surface area contributed by atoms with Crippen LogP contribution < -0.4 is 10.8 Å². The quantitative estimate of drug-likeness (QED) is 0.379. The van der Waals surface area contributed by atoms with E-state index in [4.69, 9.17) is 5.90 Å². The van der Waals surface area contributed by atoms with Crippen LogP contribution in [0.25, 0.3) is 0 Å². The lowest BCUT2D eigenvalue weighted by molar-refractivity contribution is -0.127. The molecule has 0 aromatic heterocycles. The molecule has 0 aliphatic carbocycles. The fourth-order valence-corrected chi connectivity index (χ4v) is 2.58. The molecule has 1 aliphatic rings. The maximum Gasteiger partial charge on any atom is 0.253 e. The van der Waals surface area contributed by atoms with Crippen molar-refractivity contribution >= 4 is 11.6 Å². The number of anilines is 1. The number of nitrogens with zero attached hydrogens (tertiary/aromatic N) is 2. The second-order valence-corrected chi connectivity index (χ2v) is 5.43. The van der Waals surface area contributed by atoms with Crippen molar-refractivity contribution in [2.75, 3.05) is 31.1 Å². The van der Waals surface area contributed by atoms with Crippen molar-refractivity contribution in [3.05, 3.63) is 67.0 Å². The van der Waals surface area contributed by atoms with Crippen LogP contribution in [-0.2, 0) is 9.63 Å². The number of amides is 1. The summed E-state index contributed by atoms with van der Waals surface area (Å²) in [7, 11) is 0. The molecule has 1 saturated heterocycles. The van der Waals surface area contributed by atoms with Crippen molar-refractivity contribution in [2.45, 2.75) is 6.42 Å². The number of allylic oxidation sites excluding steroid dienone is 2. The zero-order valence-corrected chi connectivity index (χ0v) is 13.3. The molecular weight excluding hydrogens is 290 g/mol. The van der Waals surface area contributed by atoms with Crippen LogP contribution in [0.2, 0.25) is 0 Å². The number of rotatable bonds is 6. The molecule has 1 aliphatic heterocycles. The third-order valence-electron chi connectivity index (χ3n) is 3.88. The topological polar surface area (TPSA) is 58.8 Å². The lowest BCUT2D eigenvalue weighted by Gasteiger charge is -2.36. The highest BCUT2D eigenvalue weighted by Crippen LogP contribution is 2.18. The average Bonchev–Trinajstić information content (AvgIpc) is 2.61. The monoisotopic (exact) mass is 313 g/mol. The second-order valence-electron chi connectivity index (χ2n) is 5.43. The SMILES string of the molecule is C=CC(=C)C/C(=C\ON)C(=O)N1CCN(c2ccccc2)CC1. The van der Waals surface area contributed by atoms with E-state index in [2.05, 4.69) is 35.0 Å². The Hall–Kier alpha value is -2.53. The Bertz CT molecular complexity index is 588.